The van der Waals surface area contributed by atoms with Gasteiger partial charge in [-0.3, -0.25) is 4.79 Å². The maximum atomic E-state index is 12.3. The van der Waals surface area contributed by atoms with Crippen molar-refractivity contribution in [1.29, 1.82) is 0 Å². The molecule has 0 aliphatic rings. The fraction of sp³-hybridized carbons (Fsp3) is 0. The molecule has 0 amide bonds. The van der Waals surface area contributed by atoms with E-state index in [0.29, 0.717) is 17.1 Å². The predicted molar refractivity (Wildman–Crippen MR) is 66.3 cm³/mol. The van der Waals surface area contributed by atoms with Crippen molar-refractivity contribution in [3.05, 3.63) is 72.4 Å². The van der Waals surface area contributed by atoms with Gasteiger partial charge in [0.25, 0.3) is 0 Å². The van der Waals surface area contributed by atoms with Crippen LogP contribution in [0.4, 0.5) is 0 Å². The van der Waals surface area contributed by atoms with Gasteiger partial charge in [-0.2, -0.15) is 0 Å². The van der Waals surface area contributed by atoms with E-state index < -0.39 is 0 Å². The second-order valence-electron chi connectivity index (χ2n) is 3.83. The molecule has 0 radical (unpaired) electrons. The van der Waals surface area contributed by atoms with Crippen molar-refractivity contribution >= 4 is 5.78 Å². The van der Waals surface area contributed by atoms with E-state index >= 15 is 0 Å². The van der Waals surface area contributed by atoms with E-state index in [-0.39, 0.29) is 5.78 Å². The van der Waals surface area contributed by atoms with Crippen molar-refractivity contribution < 1.29 is 13.6 Å². The van der Waals surface area contributed by atoms with E-state index in [1.165, 1.54) is 6.26 Å². The monoisotopic (exact) mass is 238 g/mol. The Morgan fingerprint density at radius 2 is 1.61 bits per heavy atom. The number of carbonyl (C=O) groups is 1. The third kappa shape index (κ3) is 1.76. The Labute approximate surface area is 104 Å². The Kier molecular flexibility index (Phi) is 2.57. The highest BCUT2D eigenvalue weighted by atomic mass is 16.3. The first kappa shape index (κ1) is 10.6. The van der Waals surface area contributed by atoms with Crippen LogP contribution in [0.15, 0.2) is 69.9 Å². The minimum atomic E-state index is -0.146. The second kappa shape index (κ2) is 4.37. The van der Waals surface area contributed by atoms with Crippen molar-refractivity contribution in [2.45, 2.75) is 0 Å². The summed E-state index contributed by atoms with van der Waals surface area (Å²) in [7, 11) is 0. The van der Waals surface area contributed by atoms with Crippen LogP contribution < -0.4 is 0 Å². The molecular weight excluding hydrogens is 228 g/mol. The molecule has 0 unspecified atom stereocenters. The van der Waals surface area contributed by atoms with Gasteiger partial charge in [0.15, 0.2) is 5.76 Å². The van der Waals surface area contributed by atoms with Crippen LogP contribution in [0.2, 0.25) is 0 Å². The summed E-state index contributed by atoms with van der Waals surface area (Å²) in [5, 5.41) is 0. The maximum absolute atomic E-state index is 12.3. The van der Waals surface area contributed by atoms with Crippen LogP contribution in [0.3, 0.4) is 0 Å². The van der Waals surface area contributed by atoms with Gasteiger partial charge in [0.05, 0.1) is 12.5 Å². The molecule has 0 saturated carbocycles. The smallest absolute Gasteiger partial charge is 0.228 e. The molecule has 0 saturated heterocycles. The van der Waals surface area contributed by atoms with Crippen LogP contribution >= 0.6 is 0 Å². The summed E-state index contributed by atoms with van der Waals surface area (Å²) in [6.45, 7) is 0. The van der Waals surface area contributed by atoms with E-state index in [0.717, 1.165) is 5.56 Å². The number of carbonyl (C=O) groups excluding carboxylic acids is 1. The first-order valence-corrected chi connectivity index (χ1v) is 5.57. The molecule has 2 heterocycles. The fourth-order valence-electron chi connectivity index (χ4n) is 1.87. The summed E-state index contributed by atoms with van der Waals surface area (Å²) < 4.78 is 10.5. The number of hydrogen-bond acceptors (Lipinski definition) is 3. The number of rotatable bonds is 3. The second-order valence-corrected chi connectivity index (χ2v) is 3.83. The number of ketones is 1. The third-order valence-electron chi connectivity index (χ3n) is 2.70. The molecule has 0 aliphatic carbocycles. The van der Waals surface area contributed by atoms with Crippen molar-refractivity contribution in [2.24, 2.45) is 0 Å². The average molecular weight is 238 g/mol. The summed E-state index contributed by atoms with van der Waals surface area (Å²) in [4.78, 5) is 12.3. The number of furan rings is 2. The Hall–Kier alpha value is -2.55. The van der Waals surface area contributed by atoms with Crippen LogP contribution in [-0.4, -0.2) is 5.78 Å². The Balaban J connectivity index is 2.10. The molecule has 3 rings (SSSR count). The molecule has 0 atom stereocenters. The zero-order chi connectivity index (χ0) is 12.4. The lowest BCUT2D eigenvalue weighted by molar-refractivity contribution is 0.101. The summed E-state index contributed by atoms with van der Waals surface area (Å²) in [6, 6.07) is 14.3. The first-order chi connectivity index (χ1) is 8.86. The predicted octanol–water partition coefficient (Wildman–Crippen LogP) is 3.77. The van der Waals surface area contributed by atoms with Gasteiger partial charge in [0.2, 0.25) is 5.78 Å². The quantitative estimate of drug-likeness (QED) is 0.652. The van der Waals surface area contributed by atoms with Crippen LogP contribution in [0, 0.1) is 0 Å². The molecule has 0 aliphatic heterocycles. The van der Waals surface area contributed by atoms with E-state index in [1.54, 1.807) is 30.5 Å². The van der Waals surface area contributed by atoms with Gasteiger partial charge >= 0.3 is 0 Å². The summed E-state index contributed by atoms with van der Waals surface area (Å²) in [5.41, 5.74) is 1.34. The van der Waals surface area contributed by atoms with Crippen molar-refractivity contribution in [3.63, 3.8) is 0 Å². The molecule has 2 aromatic heterocycles. The van der Waals surface area contributed by atoms with Crippen LogP contribution in [0.1, 0.15) is 16.1 Å². The molecule has 3 heteroatoms. The largest absolute Gasteiger partial charge is 0.464 e. The van der Waals surface area contributed by atoms with E-state index in [9.17, 15) is 4.79 Å². The molecule has 0 fully saturated rings. The lowest BCUT2D eigenvalue weighted by Crippen LogP contribution is -2.01. The van der Waals surface area contributed by atoms with Crippen molar-refractivity contribution in [3.8, 4) is 11.3 Å². The van der Waals surface area contributed by atoms with Gasteiger partial charge in [0, 0.05) is 11.1 Å². The highest BCUT2D eigenvalue weighted by Crippen LogP contribution is 2.26. The normalized spacial score (nSPS) is 10.4. The molecule has 0 bridgehead atoms. The van der Waals surface area contributed by atoms with Gasteiger partial charge in [-0.05, 0) is 24.3 Å². The lowest BCUT2D eigenvalue weighted by atomic mass is 10.0. The van der Waals surface area contributed by atoms with Crippen molar-refractivity contribution in [1.82, 2.24) is 0 Å². The average Bonchev–Trinajstić information content (AvgIpc) is 3.11. The highest BCUT2D eigenvalue weighted by Gasteiger charge is 2.17. The van der Waals surface area contributed by atoms with Crippen LogP contribution in [-0.2, 0) is 0 Å². The molecule has 3 nitrogen and oxygen atoms in total. The topological polar surface area (TPSA) is 43.4 Å². The molecule has 3 aromatic rings. The van der Waals surface area contributed by atoms with Crippen LogP contribution in [0.25, 0.3) is 11.3 Å². The fourth-order valence-corrected chi connectivity index (χ4v) is 1.87. The Bertz CT molecular complexity index is 649. The zero-order valence-electron chi connectivity index (χ0n) is 9.50. The van der Waals surface area contributed by atoms with Gasteiger partial charge in [-0.15, -0.1) is 0 Å². The molecule has 88 valence electrons. The third-order valence-corrected chi connectivity index (χ3v) is 2.70. The van der Waals surface area contributed by atoms with Gasteiger partial charge in [-0.25, -0.2) is 0 Å². The van der Waals surface area contributed by atoms with E-state index in [4.69, 9.17) is 8.83 Å². The number of hydrogen-bond donors (Lipinski definition) is 0. The van der Waals surface area contributed by atoms with Gasteiger partial charge < -0.3 is 8.83 Å². The highest BCUT2D eigenvalue weighted by molar-refractivity contribution is 6.10. The van der Waals surface area contributed by atoms with Gasteiger partial charge in [0.1, 0.15) is 5.76 Å². The summed E-state index contributed by atoms with van der Waals surface area (Å²) in [5.74, 6) is 0.853. The first-order valence-electron chi connectivity index (χ1n) is 5.57. The van der Waals surface area contributed by atoms with E-state index in [1.807, 2.05) is 24.3 Å². The minimum absolute atomic E-state index is 0.146. The molecule has 0 spiro atoms. The number of benzene rings is 1. The van der Waals surface area contributed by atoms with Crippen molar-refractivity contribution in [2.75, 3.05) is 0 Å². The lowest BCUT2D eigenvalue weighted by Gasteiger charge is -2.04. The summed E-state index contributed by atoms with van der Waals surface area (Å²) >= 11 is 0. The SMILES string of the molecule is O=C(c1ccco1)c1ccccc1-c1ccco1. The molecule has 0 N–H and O–H groups in total. The molecular formula is C15H10O3. The Morgan fingerprint density at radius 3 is 2.33 bits per heavy atom. The van der Waals surface area contributed by atoms with Crippen LogP contribution in [0.5, 0.6) is 0 Å². The van der Waals surface area contributed by atoms with Gasteiger partial charge in [-0.1, -0.05) is 24.3 Å². The minimum Gasteiger partial charge on any atom is -0.464 e. The molecule has 18 heavy (non-hydrogen) atoms. The van der Waals surface area contributed by atoms with E-state index in [2.05, 4.69) is 0 Å². The standard InChI is InChI=1S/C15H10O3/c16-15(14-8-4-10-18-14)12-6-2-1-5-11(12)13-7-3-9-17-13/h1-10H. The Morgan fingerprint density at radius 1 is 0.833 bits per heavy atom. The maximum Gasteiger partial charge on any atom is 0.228 e. The molecule has 1 aromatic carbocycles. The summed E-state index contributed by atoms with van der Waals surface area (Å²) in [6.07, 6.45) is 3.08. The zero-order valence-corrected chi connectivity index (χ0v) is 9.50.